The van der Waals surface area contributed by atoms with Crippen molar-refractivity contribution in [2.45, 2.75) is 43.9 Å². The minimum Gasteiger partial charge on any atom is -0.315 e. The van der Waals surface area contributed by atoms with E-state index in [0.717, 1.165) is 29.2 Å². The Balaban J connectivity index is 2.01. The van der Waals surface area contributed by atoms with Crippen LogP contribution in [0.5, 0.6) is 0 Å². The maximum Gasteiger partial charge on any atom is 0.250 e. The zero-order chi connectivity index (χ0) is 14.8. The number of hydrogen-bond acceptors (Lipinski definition) is 4. The summed E-state index contributed by atoms with van der Waals surface area (Å²) < 4.78 is 27.9. The standard InChI is InChI=1S/C14H24N2O2S2/c1-10-4-5-12(6-10)8-16-20(17,18)14-7-11(2)13(19-14)9-15-3/h7,10,12,15-16H,4-6,8-9H2,1-3H3. The fourth-order valence-corrected chi connectivity index (χ4v) is 5.53. The summed E-state index contributed by atoms with van der Waals surface area (Å²) in [4.78, 5) is 1.09. The summed E-state index contributed by atoms with van der Waals surface area (Å²) in [5.41, 5.74) is 1.04. The quantitative estimate of drug-likeness (QED) is 0.848. The monoisotopic (exact) mass is 316 g/mol. The molecule has 0 amide bonds. The summed E-state index contributed by atoms with van der Waals surface area (Å²) in [6.07, 6.45) is 3.49. The molecular weight excluding hydrogens is 292 g/mol. The Bertz CT molecular complexity index is 552. The third kappa shape index (κ3) is 3.81. The molecule has 1 heterocycles. The molecule has 1 saturated carbocycles. The van der Waals surface area contributed by atoms with Crippen LogP contribution in [0.25, 0.3) is 0 Å². The lowest BCUT2D eigenvalue weighted by Gasteiger charge is -2.10. The minimum atomic E-state index is -3.34. The number of sulfonamides is 1. The van der Waals surface area contributed by atoms with E-state index in [1.165, 1.54) is 17.8 Å². The lowest BCUT2D eigenvalue weighted by Crippen LogP contribution is -2.28. The van der Waals surface area contributed by atoms with Gasteiger partial charge in [-0.15, -0.1) is 11.3 Å². The van der Waals surface area contributed by atoms with E-state index in [1.54, 1.807) is 6.07 Å². The second-order valence-electron chi connectivity index (χ2n) is 5.84. The van der Waals surface area contributed by atoms with Gasteiger partial charge in [0.2, 0.25) is 10.0 Å². The van der Waals surface area contributed by atoms with Gasteiger partial charge in [-0.05, 0) is 50.3 Å². The average molecular weight is 316 g/mol. The van der Waals surface area contributed by atoms with Crippen molar-refractivity contribution in [3.8, 4) is 0 Å². The maximum absolute atomic E-state index is 12.3. The SMILES string of the molecule is CNCc1sc(S(=O)(=O)NCC2CCC(C)C2)cc1C. The van der Waals surface area contributed by atoms with Crippen LogP contribution in [0.2, 0.25) is 0 Å². The van der Waals surface area contributed by atoms with Crippen LogP contribution in [0.3, 0.4) is 0 Å². The Morgan fingerprint density at radius 3 is 2.75 bits per heavy atom. The minimum absolute atomic E-state index is 0.436. The maximum atomic E-state index is 12.3. The van der Waals surface area contributed by atoms with Crippen LogP contribution < -0.4 is 10.0 Å². The van der Waals surface area contributed by atoms with E-state index < -0.39 is 10.0 Å². The van der Waals surface area contributed by atoms with E-state index in [-0.39, 0.29) is 0 Å². The molecule has 1 aliphatic rings. The van der Waals surface area contributed by atoms with Crippen molar-refractivity contribution in [3.63, 3.8) is 0 Å². The van der Waals surface area contributed by atoms with Crippen LogP contribution in [0, 0.1) is 18.8 Å². The van der Waals surface area contributed by atoms with Gasteiger partial charge in [-0.3, -0.25) is 0 Å². The van der Waals surface area contributed by atoms with Crippen LogP contribution in [-0.2, 0) is 16.6 Å². The van der Waals surface area contributed by atoms with Gasteiger partial charge < -0.3 is 5.32 Å². The van der Waals surface area contributed by atoms with Crippen molar-refractivity contribution in [2.75, 3.05) is 13.6 Å². The molecule has 4 nitrogen and oxygen atoms in total. The highest BCUT2D eigenvalue weighted by molar-refractivity contribution is 7.91. The van der Waals surface area contributed by atoms with Crippen molar-refractivity contribution < 1.29 is 8.42 Å². The number of nitrogens with one attached hydrogen (secondary N) is 2. The van der Waals surface area contributed by atoms with Crippen LogP contribution in [0.4, 0.5) is 0 Å². The summed E-state index contributed by atoms with van der Waals surface area (Å²) in [6, 6.07) is 1.77. The molecule has 1 aliphatic carbocycles. The molecule has 114 valence electrons. The Morgan fingerprint density at radius 2 is 2.15 bits per heavy atom. The van der Waals surface area contributed by atoms with Gasteiger partial charge in [-0.2, -0.15) is 0 Å². The Labute approximate surface area is 126 Å². The van der Waals surface area contributed by atoms with Crippen molar-refractivity contribution in [1.82, 2.24) is 10.0 Å². The molecule has 0 aromatic carbocycles. The fraction of sp³-hybridized carbons (Fsp3) is 0.714. The van der Waals surface area contributed by atoms with Crippen molar-refractivity contribution in [2.24, 2.45) is 11.8 Å². The predicted molar refractivity (Wildman–Crippen MR) is 83.5 cm³/mol. The predicted octanol–water partition coefficient (Wildman–Crippen LogP) is 2.49. The lowest BCUT2D eigenvalue weighted by atomic mass is 10.1. The van der Waals surface area contributed by atoms with Crippen LogP contribution in [0.1, 0.15) is 36.6 Å². The molecule has 0 radical (unpaired) electrons. The largest absolute Gasteiger partial charge is 0.315 e. The molecule has 1 aromatic rings. The van der Waals surface area contributed by atoms with Gasteiger partial charge in [0, 0.05) is 18.0 Å². The average Bonchev–Trinajstić information content (AvgIpc) is 2.95. The molecule has 0 saturated heterocycles. The number of thiophene rings is 1. The van der Waals surface area contributed by atoms with E-state index in [0.29, 0.717) is 23.2 Å². The van der Waals surface area contributed by atoms with Crippen LogP contribution in [-0.4, -0.2) is 22.0 Å². The molecule has 2 N–H and O–H groups in total. The normalized spacial score (nSPS) is 23.4. The smallest absolute Gasteiger partial charge is 0.250 e. The highest BCUT2D eigenvalue weighted by atomic mass is 32.2. The molecule has 0 bridgehead atoms. The molecular formula is C14H24N2O2S2. The van der Waals surface area contributed by atoms with E-state index >= 15 is 0 Å². The number of aryl methyl sites for hydroxylation is 1. The summed E-state index contributed by atoms with van der Waals surface area (Å²) in [6.45, 7) is 5.49. The van der Waals surface area contributed by atoms with Crippen molar-refractivity contribution >= 4 is 21.4 Å². The van der Waals surface area contributed by atoms with Crippen molar-refractivity contribution in [1.29, 1.82) is 0 Å². The first-order valence-electron chi connectivity index (χ1n) is 7.16. The molecule has 2 unspecified atom stereocenters. The summed E-state index contributed by atoms with van der Waals surface area (Å²) in [5.74, 6) is 1.23. The van der Waals surface area contributed by atoms with Gasteiger partial charge in [0.25, 0.3) is 0 Å². The molecule has 6 heteroatoms. The Morgan fingerprint density at radius 1 is 1.40 bits per heavy atom. The second-order valence-corrected chi connectivity index (χ2v) is 8.97. The first kappa shape index (κ1) is 15.9. The van der Waals surface area contributed by atoms with Crippen molar-refractivity contribution in [3.05, 3.63) is 16.5 Å². The van der Waals surface area contributed by atoms with Gasteiger partial charge in [0.05, 0.1) is 0 Å². The summed E-state index contributed by atoms with van der Waals surface area (Å²) in [5, 5.41) is 3.07. The molecule has 2 rings (SSSR count). The second kappa shape index (κ2) is 6.56. The van der Waals surface area contributed by atoms with E-state index in [2.05, 4.69) is 17.0 Å². The summed E-state index contributed by atoms with van der Waals surface area (Å²) in [7, 11) is -1.48. The third-order valence-corrected chi connectivity index (χ3v) is 7.10. The Hall–Kier alpha value is -0.430. The Kier molecular flexibility index (Phi) is 5.23. The fourth-order valence-electron chi connectivity index (χ4n) is 2.77. The highest BCUT2D eigenvalue weighted by Crippen LogP contribution is 2.30. The molecule has 1 aromatic heterocycles. The van der Waals surface area contributed by atoms with Gasteiger partial charge >= 0.3 is 0 Å². The molecule has 2 atom stereocenters. The molecule has 1 fully saturated rings. The van der Waals surface area contributed by atoms with Crippen LogP contribution >= 0.6 is 11.3 Å². The zero-order valence-electron chi connectivity index (χ0n) is 12.4. The lowest BCUT2D eigenvalue weighted by molar-refractivity contribution is 0.499. The zero-order valence-corrected chi connectivity index (χ0v) is 14.0. The molecule has 20 heavy (non-hydrogen) atoms. The van der Waals surface area contributed by atoms with Gasteiger partial charge in [0.1, 0.15) is 4.21 Å². The number of rotatable bonds is 6. The van der Waals surface area contributed by atoms with Crippen LogP contribution in [0.15, 0.2) is 10.3 Å². The highest BCUT2D eigenvalue weighted by Gasteiger charge is 2.24. The summed E-state index contributed by atoms with van der Waals surface area (Å²) >= 11 is 1.36. The van der Waals surface area contributed by atoms with Gasteiger partial charge in [0.15, 0.2) is 0 Å². The molecule has 0 spiro atoms. The van der Waals surface area contributed by atoms with E-state index in [4.69, 9.17) is 0 Å². The molecule has 0 aliphatic heterocycles. The number of hydrogen-bond donors (Lipinski definition) is 2. The van der Waals surface area contributed by atoms with Gasteiger partial charge in [-0.1, -0.05) is 13.3 Å². The third-order valence-electron chi connectivity index (χ3n) is 3.97. The topological polar surface area (TPSA) is 58.2 Å². The van der Waals surface area contributed by atoms with E-state index in [9.17, 15) is 8.42 Å². The first-order chi connectivity index (χ1) is 9.42. The van der Waals surface area contributed by atoms with E-state index in [1.807, 2.05) is 14.0 Å². The van der Waals surface area contributed by atoms with Gasteiger partial charge in [-0.25, -0.2) is 13.1 Å². The first-order valence-corrected chi connectivity index (χ1v) is 9.46.